The van der Waals surface area contributed by atoms with Crippen molar-refractivity contribution in [2.24, 2.45) is 0 Å². The van der Waals surface area contributed by atoms with Gasteiger partial charge in [0, 0.05) is 5.39 Å². The van der Waals surface area contributed by atoms with Crippen LogP contribution in [0.25, 0.3) is 10.8 Å². The van der Waals surface area contributed by atoms with E-state index < -0.39 is 20.0 Å². The number of sulfonamides is 2. The summed E-state index contributed by atoms with van der Waals surface area (Å²) in [6.45, 7) is 3.75. The molecule has 0 aromatic heterocycles. The Labute approximate surface area is 188 Å². The summed E-state index contributed by atoms with van der Waals surface area (Å²) in [4.78, 5) is 0.246. The van der Waals surface area contributed by atoms with Gasteiger partial charge in [-0.3, -0.25) is 9.44 Å². The van der Waals surface area contributed by atoms with E-state index in [2.05, 4.69) is 9.44 Å². The van der Waals surface area contributed by atoms with E-state index in [4.69, 9.17) is 0 Å². The van der Waals surface area contributed by atoms with Crippen LogP contribution in [0.4, 0.5) is 11.4 Å². The van der Waals surface area contributed by atoms with Gasteiger partial charge < -0.3 is 0 Å². The predicted octanol–water partition coefficient (Wildman–Crippen LogP) is 5.06. The van der Waals surface area contributed by atoms with Gasteiger partial charge in [0.05, 0.1) is 21.2 Å². The van der Waals surface area contributed by atoms with Crippen LogP contribution in [0.15, 0.2) is 94.7 Å². The molecule has 2 N–H and O–H groups in total. The molecule has 0 heterocycles. The van der Waals surface area contributed by atoms with E-state index in [1.807, 2.05) is 13.8 Å². The first-order chi connectivity index (χ1) is 15.2. The molecule has 4 aromatic rings. The first kappa shape index (κ1) is 21.9. The lowest BCUT2D eigenvalue weighted by Gasteiger charge is -2.15. The Morgan fingerprint density at radius 2 is 0.906 bits per heavy atom. The number of rotatable bonds is 6. The number of hydrogen-bond donors (Lipinski definition) is 2. The molecular weight excluding hydrogens is 444 g/mol. The Morgan fingerprint density at radius 1 is 0.531 bits per heavy atom. The fourth-order valence-electron chi connectivity index (χ4n) is 3.35. The van der Waals surface area contributed by atoms with Crippen molar-refractivity contribution < 1.29 is 16.8 Å². The van der Waals surface area contributed by atoms with Gasteiger partial charge in [-0.2, -0.15) is 0 Å². The molecule has 0 atom stereocenters. The lowest BCUT2D eigenvalue weighted by molar-refractivity contribution is 0.599. The van der Waals surface area contributed by atoms with E-state index in [1.165, 1.54) is 24.3 Å². The average molecular weight is 467 g/mol. The Bertz CT molecular complexity index is 1380. The second-order valence-corrected chi connectivity index (χ2v) is 10.9. The predicted molar refractivity (Wildman–Crippen MR) is 128 cm³/mol. The molecule has 0 aliphatic carbocycles. The van der Waals surface area contributed by atoms with Crippen LogP contribution >= 0.6 is 0 Å². The summed E-state index contributed by atoms with van der Waals surface area (Å²) in [5.41, 5.74) is 2.46. The maximum absolute atomic E-state index is 13.0. The monoisotopic (exact) mass is 466 g/mol. The fourth-order valence-corrected chi connectivity index (χ4v) is 5.50. The van der Waals surface area contributed by atoms with Crippen molar-refractivity contribution in [2.75, 3.05) is 9.44 Å². The smallest absolute Gasteiger partial charge is 0.261 e. The number of hydrogen-bond acceptors (Lipinski definition) is 4. The van der Waals surface area contributed by atoms with Crippen molar-refractivity contribution in [2.45, 2.75) is 23.6 Å². The molecule has 32 heavy (non-hydrogen) atoms. The average Bonchev–Trinajstić information content (AvgIpc) is 2.74. The topological polar surface area (TPSA) is 92.3 Å². The molecule has 0 bridgehead atoms. The highest BCUT2D eigenvalue weighted by molar-refractivity contribution is 7.93. The molecule has 0 aliphatic heterocycles. The highest BCUT2D eigenvalue weighted by atomic mass is 32.2. The third-order valence-corrected chi connectivity index (χ3v) is 7.82. The summed E-state index contributed by atoms with van der Waals surface area (Å²) in [5.74, 6) is 0. The minimum absolute atomic E-state index is 0.123. The maximum Gasteiger partial charge on any atom is 0.261 e. The second-order valence-electron chi connectivity index (χ2n) is 7.55. The fraction of sp³-hybridized carbons (Fsp3) is 0.0833. The summed E-state index contributed by atoms with van der Waals surface area (Å²) < 4.78 is 57.0. The Hall–Kier alpha value is -3.36. The molecule has 0 unspecified atom stereocenters. The van der Waals surface area contributed by atoms with E-state index in [1.54, 1.807) is 60.7 Å². The van der Waals surface area contributed by atoms with E-state index >= 15 is 0 Å². The van der Waals surface area contributed by atoms with Crippen molar-refractivity contribution in [1.29, 1.82) is 0 Å². The molecule has 0 aliphatic rings. The third-order valence-electron chi connectivity index (χ3n) is 5.06. The number of fused-ring (bicyclic) bond motifs is 1. The summed E-state index contributed by atoms with van der Waals surface area (Å²) in [6.07, 6.45) is 0. The van der Waals surface area contributed by atoms with Crippen molar-refractivity contribution in [3.8, 4) is 0 Å². The molecule has 0 radical (unpaired) electrons. The Kier molecular flexibility index (Phi) is 5.66. The number of anilines is 2. The van der Waals surface area contributed by atoms with E-state index in [9.17, 15) is 16.8 Å². The zero-order valence-electron chi connectivity index (χ0n) is 17.5. The van der Waals surface area contributed by atoms with Crippen molar-refractivity contribution in [3.63, 3.8) is 0 Å². The summed E-state index contributed by atoms with van der Waals surface area (Å²) in [5, 5.41) is 1.15. The lowest BCUT2D eigenvalue weighted by Crippen LogP contribution is -2.15. The minimum atomic E-state index is -3.87. The standard InChI is InChI=1S/C24H22N2O4S2/c1-17-9-13-20(14-10-17)31(27,28)25-22-7-3-5-19-6-4-8-23(24(19)22)26-32(29,30)21-15-11-18(2)12-16-21/h3-16,25-26H,1-2H3. The summed E-state index contributed by atoms with van der Waals surface area (Å²) in [7, 11) is -7.73. The molecule has 4 rings (SSSR count). The molecule has 0 fully saturated rings. The van der Waals surface area contributed by atoms with Gasteiger partial charge in [0.25, 0.3) is 20.0 Å². The van der Waals surface area contributed by atoms with Gasteiger partial charge in [0.2, 0.25) is 0 Å². The molecule has 164 valence electrons. The third kappa shape index (κ3) is 4.46. The van der Waals surface area contributed by atoms with Crippen molar-refractivity contribution >= 4 is 42.2 Å². The maximum atomic E-state index is 13.0. The molecular formula is C24H22N2O4S2. The molecule has 0 saturated carbocycles. The first-order valence-corrected chi connectivity index (χ1v) is 12.8. The Morgan fingerprint density at radius 3 is 1.28 bits per heavy atom. The van der Waals surface area contributed by atoms with Gasteiger partial charge in [-0.1, -0.05) is 59.7 Å². The lowest BCUT2D eigenvalue weighted by atomic mass is 10.1. The van der Waals surface area contributed by atoms with E-state index in [0.29, 0.717) is 10.8 Å². The van der Waals surface area contributed by atoms with Crippen LogP contribution in [0.1, 0.15) is 11.1 Å². The molecule has 6 nitrogen and oxygen atoms in total. The Balaban J connectivity index is 1.77. The zero-order chi connectivity index (χ0) is 22.9. The minimum Gasteiger partial charge on any atom is -0.279 e. The van der Waals surface area contributed by atoms with Crippen LogP contribution in [0, 0.1) is 13.8 Å². The second kappa shape index (κ2) is 8.29. The normalized spacial score (nSPS) is 11.9. The highest BCUT2D eigenvalue weighted by Crippen LogP contribution is 2.33. The van der Waals surface area contributed by atoms with Gasteiger partial charge in [0.15, 0.2) is 0 Å². The van der Waals surface area contributed by atoms with Gasteiger partial charge in [-0.05, 0) is 55.6 Å². The molecule has 0 spiro atoms. The van der Waals surface area contributed by atoms with Gasteiger partial charge >= 0.3 is 0 Å². The van der Waals surface area contributed by atoms with Gasteiger partial charge in [-0.15, -0.1) is 0 Å². The summed E-state index contributed by atoms with van der Waals surface area (Å²) >= 11 is 0. The van der Waals surface area contributed by atoms with Gasteiger partial charge in [0.1, 0.15) is 0 Å². The highest BCUT2D eigenvalue weighted by Gasteiger charge is 2.19. The van der Waals surface area contributed by atoms with Crippen molar-refractivity contribution in [3.05, 3.63) is 96.1 Å². The van der Waals surface area contributed by atoms with Crippen molar-refractivity contribution in [1.82, 2.24) is 0 Å². The molecule has 0 amide bonds. The zero-order valence-corrected chi connectivity index (χ0v) is 19.2. The van der Waals surface area contributed by atoms with Crippen LogP contribution in [-0.4, -0.2) is 16.8 Å². The van der Waals surface area contributed by atoms with Crippen LogP contribution < -0.4 is 9.44 Å². The first-order valence-electron chi connectivity index (χ1n) is 9.86. The van der Waals surface area contributed by atoms with Crippen LogP contribution in [-0.2, 0) is 20.0 Å². The van der Waals surface area contributed by atoms with E-state index in [-0.39, 0.29) is 21.2 Å². The largest absolute Gasteiger partial charge is 0.279 e. The number of aryl methyl sites for hydroxylation is 2. The summed E-state index contributed by atoms with van der Waals surface area (Å²) in [6, 6.07) is 23.2. The number of benzene rings is 4. The molecule has 0 saturated heterocycles. The van der Waals surface area contributed by atoms with Crippen LogP contribution in [0.2, 0.25) is 0 Å². The molecule has 8 heteroatoms. The van der Waals surface area contributed by atoms with Crippen LogP contribution in [0.3, 0.4) is 0 Å². The number of nitrogens with one attached hydrogen (secondary N) is 2. The SMILES string of the molecule is Cc1ccc(S(=O)(=O)Nc2cccc3cccc(NS(=O)(=O)c4ccc(C)cc4)c23)cc1. The van der Waals surface area contributed by atoms with Gasteiger partial charge in [-0.25, -0.2) is 16.8 Å². The van der Waals surface area contributed by atoms with Crippen LogP contribution in [0.5, 0.6) is 0 Å². The quantitative estimate of drug-likeness (QED) is 0.416. The van der Waals surface area contributed by atoms with E-state index in [0.717, 1.165) is 11.1 Å². The molecule has 4 aromatic carbocycles.